The average molecular weight is 346 g/mol. The lowest BCUT2D eigenvalue weighted by atomic mass is 10.0. The number of sulfonamides is 1. The molecule has 124 valence electrons. The van der Waals surface area contributed by atoms with Crippen LogP contribution in [0.2, 0.25) is 0 Å². The number of hydrogen-bond donors (Lipinski definition) is 1. The summed E-state index contributed by atoms with van der Waals surface area (Å²) in [6, 6.07) is 7.33. The number of halogens is 1. The molecule has 2 saturated heterocycles. The molecule has 7 heteroatoms. The lowest BCUT2D eigenvalue weighted by Crippen LogP contribution is -2.26. The highest BCUT2D eigenvalue weighted by atomic mass is 35.5. The molecule has 1 aromatic rings. The Labute approximate surface area is 139 Å². The van der Waals surface area contributed by atoms with Gasteiger partial charge in [-0.3, -0.25) is 4.90 Å². The first-order valence-corrected chi connectivity index (χ1v) is 8.85. The molecule has 5 nitrogen and oxygen atoms in total. The molecule has 2 atom stereocenters. The Balaban J connectivity index is 0.00000176. The number of nitrogens with one attached hydrogen (secondary N) is 1. The second kappa shape index (κ2) is 6.84. The van der Waals surface area contributed by atoms with E-state index in [4.69, 9.17) is 0 Å². The van der Waals surface area contributed by atoms with Crippen LogP contribution in [0.25, 0.3) is 0 Å². The fraction of sp³-hybridized carbons (Fsp3) is 0.600. The normalized spacial score (nSPS) is 25.2. The van der Waals surface area contributed by atoms with Crippen molar-refractivity contribution in [2.75, 3.05) is 40.3 Å². The van der Waals surface area contributed by atoms with Gasteiger partial charge in [-0.25, -0.2) is 12.7 Å². The summed E-state index contributed by atoms with van der Waals surface area (Å²) in [6.45, 7) is 5.31. The van der Waals surface area contributed by atoms with Gasteiger partial charge in [-0.1, -0.05) is 12.1 Å². The second-order valence-electron chi connectivity index (χ2n) is 6.31. The van der Waals surface area contributed by atoms with Crippen LogP contribution in [0.5, 0.6) is 0 Å². The van der Waals surface area contributed by atoms with Gasteiger partial charge in [-0.05, 0) is 42.6 Å². The molecule has 0 unspecified atom stereocenters. The first kappa shape index (κ1) is 17.7. The largest absolute Gasteiger partial charge is 0.316 e. The molecule has 0 aliphatic carbocycles. The number of nitrogens with zero attached hydrogens (tertiary/aromatic N) is 2. The third kappa shape index (κ3) is 3.46. The Hall–Kier alpha value is -0.660. The molecule has 1 aromatic carbocycles. The van der Waals surface area contributed by atoms with E-state index in [1.165, 1.54) is 4.31 Å². The average Bonchev–Trinajstić information content (AvgIpc) is 2.99. The van der Waals surface area contributed by atoms with Crippen molar-refractivity contribution in [3.8, 4) is 0 Å². The van der Waals surface area contributed by atoms with E-state index >= 15 is 0 Å². The first-order chi connectivity index (χ1) is 9.96. The predicted molar refractivity (Wildman–Crippen MR) is 89.7 cm³/mol. The summed E-state index contributed by atoms with van der Waals surface area (Å²) in [7, 11) is -0.211. The number of likely N-dealkylation sites (tertiary alicyclic amines) is 1. The standard InChI is InChI=1S/C15H23N3O2S.ClH/c1-17(2)21(19,20)15-5-3-4-12(6-15)9-18-10-13-7-16-8-14(13)11-18;/h3-6,13-14,16H,7-11H2,1-2H3;1H/t13-,14+;. The maximum atomic E-state index is 12.2. The van der Waals surface area contributed by atoms with Crippen molar-refractivity contribution in [2.45, 2.75) is 11.4 Å². The molecule has 3 rings (SSSR count). The minimum Gasteiger partial charge on any atom is -0.316 e. The molecule has 0 aromatic heterocycles. The van der Waals surface area contributed by atoms with E-state index in [9.17, 15) is 8.42 Å². The molecule has 22 heavy (non-hydrogen) atoms. The summed E-state index contributed by atoms with van der Waals surface area (Å²) in [4.78, 5) is 2.82. The summed E-state index contributed by atoms with van der Waals surface area (Å²) in [6.07, 6.45) is 0. The molecule has 1 N–H and O–H groups in total. The molecule has 0 radical (unpaired) electrons. The lowest BCUT2D eigenvalue weighted by Gasteiger charge is -2.18. The van der Waals surface area contributed by atoms with Crippen LogP contribution in [0.15, 0.2) is 29.2 Å². The predicted octanol–water partition coefficient (Wildman–Crippen LogP) is 1.01. The Morgan fingerprint density at radius 3 is 2.45 bits per heavy atom. The van der Waals surface area contributed by atoms with Crippen molar-refractivity contribution in [3.05, 3.63) is 29.8 Å². The molecule has 2 aliphatic rings. The van der Waals surface area contributed by atoms with Crippen LogP contribution in [-0.2, 0) is 16.6 Å². The fourth-order valence-electron chi connectivity index (χ4n) is 3.35. The van der Waals surface area contributed by atoms with Gasteiger partial charge in [0.15, 0.2) is 0 Å². The van der Waals surface area contributed by atoms with Crippen LogP contribution in [0.1, 0.15) is 5.56 Å². The van der Waals surface area contributed by atoms with Gasteiger partial charge in [-0.2, -0.15) is 0 Å². The van der Waals surface area contributed by atoms with Gasteiger partial charge in [0.2, 0.25) is 10.0 Å². The zero-order valence-electron chi connectivity index (χ0n) is 13.0. The highest BCUT2D eigenvalue weighted by Gasteiger charge is 2.35. The van der Waals surface area contributed by atoms with E-state index in [2.05, 4.69) is 10.2 Å². The highest BCUT2D eigenvalue weighted by Crippen LogP contribution is 2.27. The van der Waals surface area contributed by atoms with Crippen molar-refractivity contribution in [3.63, 3.8) is 0 Å². The molecule has 0 amide bonds. The van der Waals surface area contributed by atoms with E-state index in [0.717, 1.165) is 50.1 Å². The van der Waals surface area contributed by atoms with Gasteiger partial charge in [0.1, 0.15) is 0 Å². The van der Waals surface area contributed by atoms with Crippen LogP contribution in [-0.4, -0.2) is 57.9 Å². The van der Waals surface area contributed by atoms with Gasteiger partial charge < -0.3 is 5.32 Å². The summed E-state index contributed by atoms with van der Waals surface area (Å²) in [5.74, 6) is 1.53. The zero-order valence-corrected chi connectivity index (χ0v) is 14.7. The SMILES string of the molecule is CN(C)S(=O)(=O)c1cccc(CN2C[C@H]3CNC[C@H]3C2)c1.Cl. The quantitative estimate of drug-likeness (QED) is 0.885. The van der Waals surface area contributed by atoms with Crippen molar-refractivity contribution < 1.29 is 8.42 Å². The highest BCUT2D eigenvalue weighted by molar-refractivity contribution is 7.89. The van der Waals surface area contributed by atoms with Crippen molar-refractivity contribution in [2.24, 2.45) is 11.8 Å². The zero-order chi connectivity index (χ0) is 15.0. The van der Waals surface area contributed by atoms with Crippen molar-refractivity contribution in [1.82, 2.24) is 14.5 Å². The van der Waals surface area contributed by atoms with Gasteiger partial charge >= 0.3 is 0 Å². The third-order valence-corrected chi connectivity index (χ3v) is 6.36. The molecule has 0 saturated carbocycles. The number of fused-ring (bicyclic) bond motifs is 1. The Kier molecular flexibility index (Phi) is 5.50. The van der Waals surface area contributed by atoms with E-state index in [-0.39, 0.29) is 12.4 Å². The van der Waals surface area contributed by atoms with E-state index in [1.54, 1.807) is 20.2 Å². The van der Waals surface area contributed by atoms with Gasteiger partial charge in [-0.15, -0.1) is 12.4 Å². The summed E-state index contributed by atoms with van der Waals surface area (Å²) >= 11 is 0. The Morgan fingerprint density at radius 1 is 1.23 bits per heavy atom. The molecule has 2 heterocycles. The van der Waals surface area contributed by atoms with Crippen LogP contribution in [0.4, 0.5) is 0 Å². The smallest absolute Gasteiger partial charge is 0.242 e. The molecule has 2 fully saturated rings. The number of benzene rings is 1. The Morgan fingerprint density at radius 2 is 1.86 bits per heavy atom. The third-order valence-electron chi connectivity index (χ3n) is 4.55. The number of hydrogen-bond acceptors (Lipinski definition) is 4. The van der Waals surface area contributed by atoms with E-state index in [0.29, 0.717) is 4.90 Å². The maximum absolute atomic E-state index is 12.2. The van der Waals surface area contributed by atoms with Gasteiger partial charge in [0.25, 0.3) is 0 Å². The number of rotatable bonds is 4. The fourth-order valence-corrected chi connectivity index (χ4v) is 4.33. The van der Waals surface area contributed by atoms with Gasteiger partial charge in [0, 0.05) is 33.7 Å². The van der Waals surface area contributed by atoms with Gasteiger partial charge in [0.05, 0.1) is 4.90 Å². The summed E-state index contributed by atoms with van der Waals surface area (Å²) in [5.41, 5.74) is 1.07. The molecule has 0 spiro atoms. The van der Waals surface area contributed by atoms with Crippen molar-refractivity contribution >= 4 is 22.4 Å². The van der Waals surface area contributed by atoms with Crippen LogP contribution >= 0.6 is 12.4 Å². The van der Waals surface area contributed by atoms with Crippen molar-refractivity contribution in [1.29, 1.82) is 0 Å². The first-order valence-electron chi connectivity index (χ1n) is 7.41. The monoisotopic (exact) mass is 345 g/mol. The van der Waals surface area contributed by atoms with Crippen LogP contribution in [0.3, 0.4) is 0 Å². The Bertz CT molecular complexity index is 609. The summed E-state index contributed by atoms with van der Waals surface area (Å²) < 4.78 is 25.6. The second-order valence-corrected chi connectivity index (χ2v) is 8.46. The minimum atomic E-state index is -3.34. The topological polar surface area (TPSA) is 52.7 Å². The molecular formula is C15H24ClN3O2S. The summed E-state index contributed by atoms with van der Waals surface area (Å²) in [5, 5.41) is 3.44. The molecule has 2 aliphatic heterocycles. The van der Waals surface area contributed by atoms with Crippen LogP contribution in [0, 0.1) is 11.8 Å². The van der Waals surface area contributed by atoms with E-state index < -0.39 is 10.0 Å². The maximum Gasteiger partial charge on any atom is 0.242 e. The minimum absolute atomic E-state index is 0. The molecular weight excluding hydrogens is 322 g/mol. The lowest BCUT2D eigenvalue weighted by molar-refractivity contribution is 0.305. The molecule has 0 bridgehead atoms. The van der Waals surface area contributed by atoms with Crippen LogP contribution < -0.4 is 5.32 Å². The van der Waals surface area contributed by atoms with E-state index in [1.807, 2.05) is 18.2 Å².